The number of benzene rings is 2. The summed E-state index contributed by atoms with van der Waals surface area (Å²) in [5.74, 6) is 0.751. The lowest BCUT2D eigenvalue weighted by atomic mass is 10.3. The Labute approximate surface area is 156 Å². The number of thioether (sulfide) groups is 1. The van der Waals surface area contributed by atoms with E-state index in [-0.39, 0.29) is 11.2 Å². The Morgan fingerprint density at radius 2 is 1.96 bits per heavy atom. The molecule has 3 rings (SSSR count). The first kappa shape index (κ1) is 18.0. The molecule has 0 aliphatic rings. The highest BCUT2D eigenvalue weighted by molar-refractivity contribution is 8.00. The first-order chi connectivity index (χ1) is 12.6. The molecule has 0 radical (unpaired) electrons. The van der Waals surface area contributed by atoms with E-state index in [2.05, 4.69) is 10.2 Å². The predicted octanol–water partition coefficient (Wildman–Crippen LogP) is 3.42. The molecule has 1 atom stereocenters. The van der Waals surface area contributed by atoms with Crippen molar-refractivity contribution in [2.24, 2.45) is 0 Å². The van der Waals surface area contributed by atoms with Crippen LogP contribution in [0.5, 0.6) is 5.75 Å². The van der Waals surface area contributed by atoms with Gasteiger partial charge in [0.05, 0.1) is 18.0 Å². The number of methoxy groups -OCH3 is 1. The quantitative estimate of drug-likeness (QED) is 0.624. The number of hydrogen-bond donors (Lipinski definition) is 0. The molecule has 7 heteroatoms. The number of hydrogen-bond acceptors (Lipinski definition) is 5. The topological polar surface area (TPSA) is 60.2 Å². The smallest absolute Gasteiger partial charge is 0.240 e. The molecule has 1 heterocycles. The van der Waals surface area contributed by atoms with Gasteiger partial charge in [0.1, 0.15) is 12.1 Å². The molecule has 3 aromatic rings. The molecule has 0 aliphatic heterocycles. The van der Waals surface area contributed by atoms with E-state index < -0.39 is 0 Å². The van der Waals surface area contributed by atoms with Gasteiger partial charge in [0.15, 0.2) is 5.16 Å². The number of carbonyl (C=O) groups excluding carboxylic acids is 1. The molecule has 1 amide bonds. The summed E-state index contributed by atoms with van der Waals surface area (Å²) in [6.07, 6.45) is 1.63. The van der Waals surface area contributed by atoms with Gasteiger partial charge in [0, 0.05) is 18.8 Å². The molecular formula is C19H20N4O2S. The van der Waals surface area contributed by atoms with Crippen LogP contribution >= 0.6 is 11.8 Å². The van der Waals surface area contributed by atoms with Gasteiger partial charge >= 0.3 is 0 Å². The third-order valence-corrected chi connectivity index (χ3v) is 5.00. The first-order valence-electron chi connectivity index (χ1n) is 8.14. The van der Waals surface area contributed by atoms with E-state index in [0.717, 1.165) is 17.1 Å². The van der Waals surface area contributed by atoms with Gasteiger partial charge in [-0.1, -0.05) is 36.0 Å². The summed E-state index contributed by atoms with van der Waals surface area (Å²) in [4.78, 5) is 14.4. The minimum atomic E-state index is -0.311. The van der Waals surface area contributed by atoms with E-state index in [1.165, 1.54) is 11.8 Å². The Morgan fingerprint density at radius 1 is 1.19 bits per heavy atom. The van der Waals surface area contributed by atoms with E-state index in [1.54, 1.807) is 25.4 Å². The standard InChI is InChI=1S/C19H20N4O2S/c1-14(18(24)22(2)15-8-5-4-6-9-15)26-19-21-20-13-23(19)16-10-7-11-17(12-16)25-3/h4-14H,1-3H3. The molecule has 6 nitrogen and oxygen atoms in total. The second-order valence-corrected chi connectivity index (χ2v) is 6.99. The number of amides is 1. The fourth-order valence-corrected chi connectivity index (χ4v) is 3.44. The van der Waals surface area contributed by atoms with Gasteiger partial charge in [-0.2, -0.15) is 0 Å². The molecule has 0 N–H and O–H groups in total. The van der Waals surface area contributed by atoms with E-state index >= 15 is 0 Å². The lowest BCUT2D eigenvalue weighted by molar-refractivity contribution is -0.117. The SMILES string of the molecule is COc1cccc(-n2cnnc2SC(C)C(=O)N(C)c2ccccc2)c1. The average molecular weight is 368 g/mol. The molecule has 1 unspecified atom stereocenters. The summed E-state index contributed by atoms with van der Waals surface area (Å²) in [6, 6.07) is 17.2. The number of nitrogens with zero attached hydrogens (tertiary/aromatic N) is 4. The predicted molar refractivity (Wildman–Crippen MR) is 103 cm³/mol. The van der Waals surface area contributed by atoms with Crippen molar-refractivity contribution in [1.29, 1.82) is 0 Å². The van der Waals surface area contributed by atoms with Crippen molar-refractivity contribution >= 4 is 23.4 Å². The highest BCUT2D eigenvalue weighted by Gasteiger charge is 2.22. The van der Waals surface area contributed by atoms with Gasteiger partial charge in [-0.05, 0) is 31.2 Å². The summed E-state index contributed by atoms with van der Waals surface area (Å²) in [5.41, 5.74) is 1.74. The van der Waals surface area contributed by atoms with Crippen LogP contribution in [0.15, 0.2) is 66.1 Å². The summed E-state index contributed by atoms with van der Waals surface area (Å²) in [6.45, 7) is 1.87. The summed E-state index contributed by atoms with van der Waals surface area (Å²) in [7, 11) is 3.41. The summed E-state index contributed by atoms with van der Waals surface area (Å²) >= 11 is 1.37. The van der Waals surface area contributed by atoms with Crippen molar-refractivity contribution in [2.45, 2.75) is 17.3 Å². The zero-order chi connectivity index (χ0) is 18.5. The zero-order valence-corrected chi connectivity index (χ0v) is 15.7. The van der Waals surface area contributed by atoms with Crippen LogP contribution in [0, 0.1) is 0 Å². The Morgan fingerprint density at radius 3 is 2.69 bits per heavy atom. The Balaban J connectivity index is 1.77. The molecule has 0 bridgehead atoms. The van der Waals surface area contributed by atoms with Gasteiger partial charge in [0.2, 0.25) is 5.91 Å². The van der Waals surface area contributed by atoms with Gasteiger partial charge in [-0.15, -0.1) is 10.2 Å². The molecule has 0 aliphatic carbocycles. The zero-order valence-electron chi connectivity index (χ0n) is 14.9. The molecule has 0 saturated heterocycles. The number of rotatable bonds is 6. The third kappa shape index (κ3) is 3.88. The second kappa shape index (κ2) is 8.05. The minimum Gasteiger partial charge on any atom is -0.497 e. The van der Waals surface area contributed by atoms with Crippen LogP contribution in [0.4, 0.5) is 5.69 Å². The minimum absolute atomic E-state index is 0.00129. The highest BCUT2D eigenvalue weighted by atomic mass is 32.2. The molecule has 0 fully saturated rings. The van der Waals surface area contributed by atoms with Gasteiger partial charge < -0.3 is 9.64 Å². The van der Waals surface area contributed by atoms with Crippen molar-refractivity contribution in [3.05, 3.63) is 60.9 Å². The molecule has 26 heavy (non-hydrogen) atoms. The largest absolute Gasteiger partial charge is 0.497 e. The highest BCUT2D eigenvalue weighted by Crippen LogP contribution is 2.27. The van der Waals surface area contributed by atoms with Gasteiger partial charge in [-0.25, -0.2) is 0 Å². The number of carbonyl (C=O) groups is 1. The average Bonchev–Trinajstić information content (AvgIpc) is 3.15. The van der Waals surface area contributed by atoms with Crippen LogP contribution in [-0.2, 0) is 4.79 Å². The Kier molecular flexibility index (Phi) is 5.58. The number of aromatic nitrogens is 3. The molecule has 1 aromatic heterocycles. The van der Waals surface area contributed by atoms with Crippen molar-refractivity contribution in [2.75, 3.05) is 19.1 Å². The molecule has 0 saturated carbocycles. The molecule has 2 aromatic carbocycles. The van der Waals surface area contributed by atoms with Crippen LogP contribution in [0.25, 0.3) is 5.69 Å². The van der Waals surface area contributed by atoms with Crippen LogP contribution in [0.3, 0.4) is 0 Å². The monoisotopic (exact) mass is 368 g/mol. The van der Waals surface area contributed by atoms with Crippen molar-refractivity contribution < 1.29 is 9.53 Å². The van der Waals surface area contributed by atoms with E-state index in [1.807, 2.05) is 66.1 Å². The van der Waals surface area contributed by atoms with Crippen LogP contribution in [0.1, 0.15) is 6.92 Å². The van der Waals surface area contributed by atoms with Crippen LogP contribution in [0.2, 0.25) is 0 Å². The Bertz CT molecular complexity index is 882. The number of ether oxygens (including phenoxy) is 1. The van der Waals surface area contributed by atoms with Crippen LogP contribution in [-0.4, -0.2) is 40.1 Å². The van der Waals surface area contributed by atoms with E-state index in [4.69, 9.17) is 4.74 Å². The van der Waals surface area contributed by atoms with E-state index in [9.17, 15) is 4.79 Å². The lowest BCUT2D eigenvalue weighted by Gasteiger charge is -2.21. The van der Waals surface area contributed by atoms with Gasteiger partial charge in [-0.3, -0.25) is 9.36 Å². The first-order valence-corrected chi connectivity index (χ1v) is 9.02. The fourth-order valence-electron chi connectivity index (χ4n) is 2.50. The summed E-state index contributed by atoms with van der Waals surface area (Å²) in [5, 5.41) is 8.50. The molecule has 134 valence electrons. The molecular weight excluding hydrogens is 348 g/mol. The second-order valence-electron chi connectivity index (χ2n) is 5.68. The number of para-hydroxylation sites is 1. The Hall–Kier alpha value is -2.80. The maximum Gasteiger partial charge on any atom is 0.240 e. The van der Waals surface area contributed by atoms with E-state index in [0.29, 0.717) is 5.16 Å². The van der Waals surface area contributed by atoms with Crippen molar-refractivity contribution in [1.82, 2.24) is 14.8 Å². The van der Waals surface area contributed by atoms with Crippen molar-refractivity contribution in [3.8, 4) is 11.4 Å². The third-order valence-electron chi connectivity index (χ3n) is 3.95. The van der Waals surface area contributed by atoms with Crippen LogP contribution < -0.4 is 9.64 Å². The summed E-state index contributed by atoms with van der Waals surface area (Å²) < 4.78 is 7.12. The lowest BCUT2D eigenvalue weighted by Crippen LogP contribution is -2.33. The normalized spacial score (nSPS) is 11.8. The molecule has 0 spiro atoms. The maximum absolute atomic E-state index is 12.7. The van der Waals surface area contributed by atoms with Crippen molar-refractivity contribution in [3.63, 3.8) is 0 Å². The fraction of sp³-hybridized carbons (Fsp3) is 0.211. The van der Waals surface area contributed by atoms with Gasteiger partial charge in [0.25, 0.3) is 0 Å². The number of anilines is 1. The maximum atomic E-state index is 12.7.